The van der Waals surface area contributed by atoms with E-state index in [4.69, 9.17) is 18.9 Å². The second-order valence-corrected chi connectivity index (χ2v) is 22.0. The van der Waals surface area contributed by atoms with Crippen LogP contribution in [-0.2, 0) is 33.3 Å². The van der Waals surface area contributed by atoms with Gasteiger partial charge in [0.05, 0.1) is 40.3 Å². The van der Waals surface area contributed by atoms with Gasteiger partial charge in [0.25, 0.3) is 0 Å². The zero-order valence-corrected chi connectivity index (χ0v) is 47.2. The highest BCUT2D eigenvalue weighted by Crippen LogP contribution is 2.18. The molecule has 0 saturated heterocycles. The molecule has 0 saturated carbocycles. The maximum atomic E-state index is 12.8. The molecule has 70 heavy (non-hydrogen) atoms. The molecule has 2 unspecified atom stereocenters. The second kappa shape index (κ2) is 53.3. The lowest BCUT2D eigenvalue weighted by Crippen LogP contribution is -2.44. The van der Waals surface area contributed by atoms with Gasteiger partial charge >= 0.3 is 11.9 Å². The number of carboxylic acids is 1. The summed E-state index contributed by atoms with van der Waals surface area (Å²) in [6.45, 7) is 4.71. The Hall–Kier alpha value is -1.97. The fourth-order valence-corrected chi connectivity index (χ4v) is 9.06. The normalized spacial score (nSPS) is 12.8. The molecule has 0 aliphatic rings. The Bertz CT molecular complexity index is 1150. The van der Waals surface area contributed by atoms with Gasteiger partial charge in [-0.05, 0) is 38.5 Å². The summed E-state index contributed by atoms with van der Waals surface area (Å²) in [4.78, 5) is 36.9. The van der Waals surface area contributed by atoms with Crippen molar-refractivity contribution in [1.29, 1.82) is 0 Å². The standard InChI is InChI=1S/C61H117NO8/c1-6-8-10-12-14-15-16-17-18-19-20-21-22-23-24-25-26-27-28-29-30-31-32-33-34-35-36-37-38-39-40-41-42-43-44-45-46-48-50-52-59(64)70-57(55-68-58(63)51-49-47-13-11-9-7-2)56-69-61(60(65)66)67-54-53-62(3,4)5/h19-20,57,61H,6-18,21-56H2,1-5H3/b20-19-. The molecule has 0 amide bonds. The average molecular weight is 993 g/mol. The van der Waals surface area contributed by atoms with E-state index in [1.54, 1.807) is 0 Å². The van der Waals surface area contributed by atoms with Gasteiger partial charge in [-0.3, -0.25) is 9.59 Å². The number of ether oxygens (including phenoxy) is 4. The van der Waals surface area contributed by atoms with Gasteiger partial charge in [-0.25, -0.2) is 0 Å². The summed E-state index contributed by atoms with van der Waals surface area (Å²) in [5.74, 6) is -2.27. The molecule has 0 spiro atoms. The Morgan fingerprint density at radius 3 is 1.06 bits per heavy atom. The first kappa shape index (κ1) is 68.0. The first-order valence-corrected chi connectivity index (χ1v) is 30.3. The number of allylic oxidation sites excluding steroid dienone is 2. The van der Waals surface area contributed by atoms with Gasteiger partial charge in [0.1, 0.15) is 13.2 Å². The smallest absolute Gasteiger partial charge is 0.306 e. The molecule has 0 radical (unpaired) electrons. The van der Waals surface area contributed by atoms with Gasteiger partial charge < -0.3 is 33.3 Å². The molecule has 0 aromatic rings. The summed E-state index contributed by atoms with van der Waals surface area (Å²) < 4.78 is 22.5. The molecule has 9 heteroatoms. The van der Waals surface area contributed by atoms with E-state index in [2.05, 4.69) is 26.0 Å². The highest BCUT2D eigenvalue weighted by Gasteiger charge is 2.22. The predicted molar refractivity (Wildman–Crippen MR) is 293 cm³/mol. The summed E-state index contributed by atoms with van der Waals surface area (Å²) in [7, 11) is 5.92. The van der Waals surface area contributed by atoms with E-state index in [1.807, 2.05) is 21.1 Å². The van der Waals surface area contributed by atoms with Crippen LogP contribution in [0.1, 0.15) is 303 Å². The number of rotatable bonds is 57. The Morgan fingerprint density at radius 2 is 0.729 bits per heavy atom. The Labute approximate surface area is 434 Å². The lowest BCUT2D eigenvalue weighted by atomic mass is 10.0. The van der Waals surface area contributed by atoms with E-state index in [9.17, 15) is 19.5 Å². The van der Waals surface area contributed by atoms with Crippen LogP contribution in [0.2, 0.25) is 0 Å². The van der Waals surface area contributed by atoms with Crippen LogP contribution in [0.5, 0.6) is 0 Å². The number of hydrogen-bond donors (Lipinski definition) is 0. The summed E-state index contributed by atoms with van der Waals surface area (Å²) >= 11 is 0. The molecule has 0 aromatic carbocycles. The second-order valence-electron chi connectivity index (χ2n) is 22.0. The number of nitrogens with zero attached hydrogens (tertiary/aromatic N) is 1. The van der Waals surface area contributed by atoms with Crippen LogP contribution in [0.3, 0.4) is 0 Å². The molecule has 0 rings (SSSR count). The maximum absolute atomic E-state index is 12.8. The zero-order chi connectivity index (χ0) is 51.3. The lowest BCUT2D eigenvalue weighted by molar-refractivity contribution is -0.870. The third-order valence-electron chi connectivity index (χ3n) is 13.8. The number of carbonyl (C=O) groups excluding carboxylic acids is 3. The summed E-state index contributed by atoms with van der Waals surface area (Å²) in [6.07, 6.45) is 59.3. The zero-order valence-electron chi connectivity index (χ0n) is 47.2. The topological polar surface area (TPSA) is 111 Å². The summed E-state index contributed by atoms with van der Waals surface area (Å²) in [5.41, 5.74) is 0. The van der Waals surface area contributed by atoms with Crippen molar-refractivity contribution >= 4 is 17.9 Å². The molecule has 0 N–H and O–H groups in total. The van der Waals surface area contributed by atoms with Crippen LogP contribution >= 0.6 is 0 Å². The number of unbranched alkanes of at least 4 members (excludes halogenated alkanes) is 40. The third kappa shape index (κ3) is 53.8. The van der Waals surface area contributed by atoms with Gasteiger partial charge in [0.2, 0.25) is 0 Å². The first-order chi connectivity index (χ1) is 34.1. The van der Waals surface area contributed by atoms with E-state index < -0.39 is 24.3 Å². The van der Waals surface area contributed by atoms with Crippen molar-refractivity contribution in [2.75, 3.05) is 47.5 Å². The molecule has 2 atom stereocenters. The van der Waals surface area contributed by atoms with E-state index >= 15 is 0 Å². The number of carboxylic acid groups (broad SMARTS) is 1. The van der Waals surface area contributed by atoms with Crippen molar-refractivity contribution in [3.63, 3.8) is 0 Å². The average Bonchev–Trinajstić information content (AvgIpc) is 3.33. The molecule has 0 fully saturated rings. The molecule has 0 bridgehead atoms. The number of esters is 2. The molecule has 414 valence electrons. The molecule has 0 aliphatic carbocycles. The number of likely N-dealkylation sites (N-methyl/N-ethyl adjacent to an activating group) is 1. The SMILES string of the molecule is CCCCCCCCCC/C=C\CCCCCCCCCCCCCCCCCCCCCCCCCCCCCC(=O)OC(COC(=O)CCCCCCCC)COC(OCC[N+](C)(C)C)C(=O)[O-]. The van der Waals surface area contributed by atoms with Crippen LogP contribution < -0.4 is 5.11 Å². The van der Waals surface area contributed by atoms with Gasteiger partial charge in [-0.1, -0.05) is 264 Å². The first-order valence-electron chi connectivity index (χ1n) is 30.3. The van der Waals surface area contributed by atoms with Crippen LogP contribution in [0.4, 0.5) is 0 Å². The third-order valence-corrected chi connectivity index (χ3v) is 13.8. The minimum Gasteiger partial charge on any atom is -0.545 e. The van der Waals surface area contributed by atoms with E-state index in [0.29, 0.717) is 17.4 Å². The van der Waals surface area contributed by atoms with Crippen molar-refractivity contribution in [1.82, 2.24) is 0 Å². The molecule has 0 heterocycles. The van der Waals surface area contributed by atoms with E-state index in [0.717, 1.165) is 44.9 Å². The van der Waals surface area contributed by atoms with Gasteiger partial charge in [-0.15, -0.1) is 0 Å². The minimum atomic E-state index is -1.61. The lowest BCUT2D eigenvalue weighted by Gasteiger charge is -2.26. The van der Waals surface area contributed by atoms with Crippen molar-refractivity contribution in [2.24, 2.45) is 0 Å². The van der Waals surface area contributed by atoms with Crippen molar-refractivity contribution < 1.29 is 42.9 Å². The minimum absolute atomic E-state index is 0.152. The van der Waals surface area contributed by atoms with Crippen LogP contribution in [0.25, 0.3) is 0 Å². The van der Waals surface area contributed by atoms with Crippen LogP contribution in [0, 0.1) is 0 Å². The molecular formula is C61H117NO8. The number of aliphatic carboxylic acids is 1. The quantitative estimate of drug-likeness (QED) is 0.0195. The largest absolute Gasteiger partial charge is 0.545 e. The maximum Gasteiger partial charge on any atom is 0.306 e. The summed E-state index contributed by atoms with van der Waals surface area (Å²) in [5, 5.41) is 11.7. The Balaban J connectivity index is 3.76. The summed E-state index contributed by atoms with van der Waals surface area (Å²) in [6, 6.07) is 0. The molecule has 0 aromatic heterocycles. The molecule has 0 aliphatic heterocycles. The van der Waals surface area contributed by atoms with Crippen LogP contribution in [0.15, 0.2) is 12.2 Å². The van der Waals surface area contributed by atoms with Crippen LogP contribution in [-0.4, -0.2) is 82.3 Å². The monoisotopic (exact) mass is 992 g/mol. The number of hydrogen-bond acceptors (Lipinski definition) is 8. The molecular weight excluding hydrogens is 875 g/mol. The van der Waals surface area contributed by atoms with Crippen molar-refractivity contribution in [3.05, 3.63) is 12.2 Å². The highest BCUT2D eigenvalue weighted by atomic mass is 16.7. The van der Waals surface area contributed by atoms with Crippen molar-refractivity contribution in [3.8, 4) is 0 Å². The van der Waals surface area contributed by atoms with Gasteiger partial charge in [0.15, 0.2) is 12.4 Å². The van der Waals surface area contributed by atoms with E-state index in [-0.39, 0.29) is 32.2 Å². The fourth-order valence-electron chi connectivity index (χ4n) is 9.06. The van der Waals surface area contributed by atoms with Gasteiger partial charge in [0, 0.05) is 12.8 Å². The Kier molecular flexibility index (Phi) is 51.8. The molecule has 9 nitrogen and oxygen atoms in total. The van der Waals surface area contributed by atoms with Crippen molar-refractivity contribution in [2.45, 2.75) is 315 Å². The van der Waals surface area contributed by atoms with Gasteiger partial charge in [-0.2, -0.15) is 0 Å². The fraction of sp³-hybridized carbons (Fsp3) is 0.918. The Morgan fingerprint density at radius 1 is 0.414 bits per heavy atom. The highest BCUT2D eigenvalue weighted by molar-refractivity contribution is 5.70. The number of carbonyl (C=O) groups is 3. The number of quaternary nitrogens is 1. The predicted octanol–water partition coefficient (Wildman–Crippen LogP) is 16.4. The van der Waals surface area contributed by atoms with E-state index in [1.165, 1.54) is 231 Å².